The van der Waals surface area contributed by atoms with Gasteiger partial charge in [0.15, 0.2) is 0 Å². The molecule has 0 bridgehead atoms. The highest BCUT2D eigenvalue weighted by atomic mass is 19.1. The van der Waals surface area contributed by atoms with Crippen LogP contribution in [-0.2, 0) is 0 Å². The van der Waals surface area contributed by atoms with Gasteiger partial charge in [0.05, 0.1) is 0 Å². The topological polar surface area (TPSA) is 6.48 Å². The molecule has 0 aliphatic rings. The number of anilines is 2. The molecule has 0 aromatic heterocycles. The molecule has 0 spiro atoms. The molecule has 0 radical (unpaired) electrons. The van der Waals surface area contributed by atoms with Crippen molar-refractivity contribution < 1.29 is 4.39 Å². The molecule has 0 saturated heterocycles. The number of hydrogen-bond acceptors (Lipinski definition) is 2. The van der Waals surface area contributed by atoms with Crippen molar-refractivity contribution in [1.29, 1.82) is 0 Å². The number of unbranched alkanes of at least 4 members (excludes halogenated alkanes) is 4. The van der Waals surface area contributed by atoms with Gasteiger partial charge in [0.25, 0.3) is 0 Å². The minimum absolute atomic E-state index is 0.143. The van der Waals surface area contributed by atoms with Gasteiger partial charge in [-0.3, -0.25) is 0 Å². The van der Waals surface area contributed by atoms with Gasteiger partial charge in [-0.2, -0.15) is 0 Å². The van der Waals surface area contributed by atoms with E-state index >= 15 is 4.39 Å². The summed E-state index contributed by atoms with van der Waals surface area (Å²) in [6.07, 6.45) is 9.56. The van der Waals surface area contributed by atoms with Gasteiger partial charge >= 0.3 is 0 Å². The maximum atomic E-state index is 15.4. The quantitative estimate of drug-likeness (QED) is 0.156. The lowest BCUT2D eigenvalue weighted by Crippen LogP contribution is -2.26. The number of hydrogen-bond donors (Lipinski definition) is 0. The maximum absolute atomic E-state index is 15.4. The van der Waals surface area contributed by atoms with Gasteiger partial charge in [0, 0.05) is 43.5 Å². The lowest BCUT2D eigenvalue weighted by atomic mass is 9.83. The lowest BCUT2D eigenvalue weighted by Gasteiger charge is -2.29. The van der Waals surface area contributed by atoms with E-state index in [0.29, 0.717) is 0 Å². The Morgan fingerprint density at radius 2 is 0.975 bits per heavy atom. The summed E-state index contributed by atoms with van der Waals surface area (Å²) in [5.74, 6) is -0.294. The Balaban J connectivity index is 2.04. The minimum atomic E-state index is -0.152. The molecule has 218 valence electrons. The molecule has 3 aromatic rings. The molecule has 0 atom stereocenters. The van der Waals surface area contributed by atoms with Crippen molar-refractivity contribution >= 4 is 11.4 Å². The van der Waals surface area contributed by atoms with Crippen LogP contribution in [0.3, 0.4) is 0 Å². The molecule has 0 saturated carbocycles. The summed E-state index contributed by atoms with van der Waals surface area (Å²) in [6.45, 7) is 17.8. The Morgan fingerprint density at radius 1 is 0.575 bits per heavy atom. The molecular formula is C37H53FN2. The van der Waals surface area contributed by atoms with Gasteiger partial charge in [-0.05, 0) is 85.5 Å². The zero-order valence-electron chi connectivity index (χ0n) is 26.1. The van der Waals surface area contributed by atoms with Crippen LogP contribution >= 0.6 is 0 Å². The van der Waals surface area contributed by atoms with Crippen molar-refractivity contribution in [1.82, 2.24) is 0 Å². The van der Waals surface area contributed by atoms with Crippen LogP contribution in [0.2, 0.25) is 0 Å². The molecule has 40 heavy (non-hydrogen) atoms. The fourth-order valence-corrected chi connectivity index (χ4v) is 5.79. The Morgan fingerprint density at radius 3 is 1.32 bits per heavy atom. The van der Waals surface area contributed by atoms with E-state index in [9.17, 15) is 0 Å². The average molecular weight is 545 g/mol. The summed E-state index contributed by atoms with van der Waals surface area (Å²) >= 11 is 0. The summed E-state index contributed by atoms with van der Waals surface area (Å²) < 4.78 is 15.4. The molecule has 3 heteroatoms. The van der Waals surface area contributed by atoms with Crippen LogP contribution in [0.1, 0.15) is 113 Å². The number of nitrogens with zero attached hydrogens (tertiary/aromatic N) is 2. The van der Waals surface area contributed by atoms with E-state index in [1.54, 1.807) is 12.1 Å². The van der Waals surface area contributed by atoms with Gasteiger partial charge in [-0.1, -0.05) is 95.8 Å². The third kappa shape index (κ3) is 8.35. The summed E-state index contributed by atoms with van der Waals surface area (Å²) in [6, 6.07) is 20.9. The van der Waals surface area contributed by atoms with Gasteiger partial charge in [0.1, 0.15) is 5.82 Å². The van der Waals surface area contributed by atoms with Crippen molar-refractivity contribution in [3.63, 3.8) is 0 Å². The second-order valence-electron chi connectivity index (χ2n) is 11.4. The standard InChI is InChI=1S/C37H53FN2/c1-7-11-23-39(24-12-8-2)35-21-19-31(27-29(35)5)37(33-17-15-16-18-34(33)38)32-20-22-36(30(6)28-32)40(25-13-9-3)26-14-10-4/h15-22,27-28,37H,7-14,23-26H2,1-6H3. The van der Waals surface area contributed by atoms with Gasteiger partial charge in [-0.15, -0.1) is 0 Å². The molecule has 0 fully saturated rings. The predicted molar refractivity (Wildman–Crippen MR) is 174 cm³/mol. The van der Waals surface area contributed by atoms with Crippen molar-refractivity contribution in [2.45, 2.75) is 98.8 Å². The average Bonchev–Trinajstić information content (AvgIpc) is 2.95. The minimum Gasteiger partial charge on any atom is -0.371 e. The second kappa shape index (κ2) is 16.5. The number of rotatable bonds is 17. The normalized spacial score (nSPS) is 11.3. The van der Waals surface area contributed by atoms with E-state index in [0.717, 1.165) is 42.9 Å². The second-order valence-corrected chi connectivity index (χ2v) is 11.4. The summed E-state index contributed by atoms with van der Waals surface area (Å²) in [4.78, 5) is 5.09. The van der Waals surface area contributed by atoms with Crippen molar-refractivity contribution in [3.05, 3.63) is 94.3 Å². The first kappa shape index (κ1) is 31.7. The summed E-state index contributed by atoms with van der Waals surface area (Å²) in [5, 5.41) is 0. The predicted octanol–water partition coefficient (Wildman–Crippen LogP) is 10.4. The lowest BCUT2D eigenvalue weighted by molar-refractivity contribution is 0.606. The van der Waals surface area contributed by atoms with Crippen LogP contribution in [0.15, 0.2) is 60.7 Å². The SMILES string of the molecule is CCCCN(CCCC)c1ccc(C(c2ccc(N(CCCC)CCCC)c(C)c2)c2ccccc2F)cc1C. The highest BCUT2D eigenvalue weighted by molar-refractivity contribution is 5.60. The highest BCUT2D eigenvalue weighted by Crippen LogP contribution is 2.37. The summed E-state index contributed by atoms with van der Waals surface area (Å²) in [7, 11) is 0. The van der Waals surface area contributed by atoms with Crippen molar-refractivity contribution in [2.75, 3.05) is 36.0 Å². The molecule has 0 aliphatic heterocycles. The van der Waals surface area contributed by atoms with Gasteiger partial charge < -0.3 is 9.80 Å². The molecule has 0 amide bonds. The number of halogens is 1. The first-order valence-corrected chi connectivity index (χ1v) is 15.9. The molecule has 0 unspecified atom stereocenters. The fraction of sp³-hybridized carbons (Fsp3) is 0.514. The van der Waals surface area contributed by atoms with Crippen LogP contribution < -0.4 is 9.80 Å². The molecule has 0 heterocycles. The molecule has 0 N–H and O–H groups in total. The van der Waals surface area contributed by atoms with Crippen LogP contribution in [0, 0.1) is 19.7 Å². The van der Waals surface area contributed by atoms with E-state index in [2.05, 4.69) is 87.7 Å². The van der Waals surface area contributed by atoms with Crippen LogP contribution in [0.25, 0.3) is 0 Å². The third-order valence-corrected chi connectivity index (χ3v) is 8.13. The number of benzene rings is 3. The molecule has 2 nitrogen and oxygen atoms in total. The van der Waals surface area contributed by atoms with E-state index in [1.807, 2.05) is 12.1 Å². The largest absolute Gasteiger partial charge is 0.371 e. The monoisotopic (exact) mass is 544 g/mol. The van der Waals surface area contributed by atoms with E-state index < -0.39 is 0 Å². The van der Waals surface area contributed by atoms with E-state index in [-0.39, 0.29) is 11.7 Å². The summed E-state index contributed by atoms with van der Waals surface area (Å²) in [5.41, 5.74) is 8.20. The molecule has 3 rings (SSSR count). The van der Waals surface area contributed by atoms with Crippen LogP contribution in [0.5, 0.6) is 0 Å². The Bertz CT molecular complexity index is 1090. The zero-order valence-corrected chi connectivity index (χ0v) is 26.1. The first-order chi connectivity index (χ1) is 19.4. The van der Waals surface area contributed by atoms with Crippen molar-refractivity contribution in [3.8, 4) is 0 Å². The first-order valence-electron chi connectivity index (χ1n) is 15.9. The van der Waals surface area contributed by atoms with Gasteiger partial charge in [-0.25, -0.2) is 4.39 Å². The highest BCUT2D eigenvalue weighted by Gasteiger charge is 2.23. The van der Waals surface area contributed by atoms with Crippen molar-refractivity contribution in [2.24, 2.45) is 0 Å². The fourth-order valence-electron chi connectivity index (χ4n) is 5.79. The Kier molecular flexibility index (Phi) is 13.0. The Hall–Kier alpha value is -2.81. The molecule has 0 aliphatic carbocycles. The van der Waals surface area contributed by atoms with Crippen LogP contribution in [0.4, 0.5) is 15.8 Å². The van der Waals surface area contributed by atoms with Gasteiger partial charge in [0.2, 0.25) is 0 Å². The zero-order chi connectivity index (χ0) is 28.9. The molecule has 3 aromatic carbocycles. The Labute approximate surface area is 244 Å². The molecular weight excluding hydrogens is 491 g/mol. The maximum Gasteiger partial charge on any atom is 0.127 e. The smallest absolute Gasteiger partial charge is 0.127 e. The van der Waals surface area contributed by atoms with E-state index in [4.69, 9.17) is 0 Å². The van der Waals surface area contributed by atoms with E-state index in [1.165, 1.54) is 73.9 Å². The third-order valence-electron chi connectivity index (χ3n) is 8.13. The number of aryl methyl sites for hydroxylation is 2. The van der Waals surface area contributed by atoms with Crippen LogP contribution in [-0.4, -0.2) is 26.2 Å².